The number of carbonyl (C=O) groups is 1. The summed E-state index contributed by atoms with van der Waals surface area (Å²) in [4.78, 5) is 18.5. The molecule has 3 aromatic rings. The maximum Gasteiger partial charge on any atom is 0.271 e. The van der Waals surface area contributed by atoms with Crippen molar-refractivity contribution in [1.29, 1.82) is 0 Å². The van der Waals surface area contributed by atoms with Crippen LogP contribution in [0.25, 0.3) is 11.3 Å². The summed E-state index contributed by atoms with van der Waals surface area (Å²) >= 11 is 7.46. The maximum atomic E-state index is 12.5. The molecule has 5 nitrogen and oxygen atoms in total. The molecular formula is C16H15ClN4OS. The van der Waals surface area contributed by atoms with Gasteiger partial charge in [0.05, 0.1) is 22.9 Å². The molecule has 0 fully saturated rings. The van der Waals surface area contributed by atoms with Gasteiger partial charge < -0.3 is 4.90 Å². The van der Waals surface area contributed by atoms with E-state index in [0.717, 1.165) is 16.3 Å². The first-order valence-electron chi connectivity index (χ1n) is 7.01. The van der Waals surface area contributed by atoms with Crippen molar-refractivity contribution in [2.45, 2.75) is 13.5 Å². The van der Waals surface area contributed by atoms with Gasteiger partial charge in [0.1, 0.15) is 5.69 Å². The second kappa shape index (κ2) is 6.52. The SMILES string of the molecule is Cc1nc(CN(C)C(=O)c2cc(-c3ccc(Cl)cc3)n[nH]2)cs1. The minimum atomic E-state index is -0.122. The van der Waals surface area contributed by atoms with Crippen LogP contribution in [-0.2, 0) is 6.54 Å². The van der Waals surface area contributed by atoms with Gasteiger partial charge in [-0.05, 0) is 25.1 Å². The highest BCUT2D eigenvalue weighted by Crippen LogP contribution is 2.21. The Kier molecular flexibility index (Phi) is 4.45. The molecule has 1 aromatic carbocycles. The van der Waals surface area contributed by atoms with Crippen molar-refractivity contribution in [2.75, 3.05) is 7.05 Å². The fraction of sp³-hybridized carbons (Fsp3) is 0.188. The number of aromatic nitrogens is 3. The zero-order chi connectivity index (χ0) is 16.4. The Morgan fingerprint density at radius 1 is 1.35 bits per heavy atom. The van der Waals surface area contributed by atoms with Gasteiger partial charge in [0, 0.05) is 23.0 Å². The zero-order valence-electron chi connectivity index (χ0n) is 12.7. The van der Waals surface area contributed by atoms with Crippen LogP contribution in [0, 0.1) is 6.92 Å². The number of nitrogens with zero attached hydrogens (tertiary/aromatic N) is 3. The summed E-state index contributed by atoms with van der Waals surface area (Å²) in [6.07, 6.45) is 0. The molecule has 0 bridgehead atoms. The number of hydrogen-bond acceptors (Lipinski definition) is 4. The number of benzene rings is 1. The molecule has 0 saturated carbocycles. The van der Waals surface area contributed by atoms with Crippen LogP contribution in [-0.4, -0.2) is 33.0 Å². The molecule has 23 heavy (non-hydrogen) atoms. The number of hydrogen-bond donors (Lipinski definition) is 1. The summed E-state index contributed by atoms with van der Waals surface area (Å²) in [6, 6.07) is 9.07. The number of halogens is 1. The number of rotatable bonds is 4. The molecule has 0 atom stereocenters. The first-order chi connectivity index (χ1) is 11.0. The van der Waals surface area contributed by atoms with E-state index in [1.165, 1.54) is 0 Å². The fourth-order valence-electron chi connectivity index (χ4n) is 2.20. The number of carbonyl (C=O) groups excluding carboxylic acids is 1. The van der Waals surface area contributed by atoms with Gasteiger partial charge in [0.15, 0.2) is 0 Å². The normalized spacial score (nSPS) is 10.7. The van der Waals surface area contributed by atoms with Gasteiger partial charge >= 0.3 is 0 Å². The van der Waals surface area contributed by atoms with Crippen LogP contribution < -0.4 is 0 Å². The predicted octanol–water partition coefficient (Wildman–Crippen LogP) is 3.77. The number of aryl methyl sites for hydroxylation is 1. The molecule has 7 heteroatoms. The third-order valence-corrected chi connectivity index (χ3v) is 4.43. The molecule has 0 radical (unpaired) electrons. The number of nitrogens with one attached hydrogen (secondary N) is 1. The van der Waals surface area contributed by atoms with Crippen molar-refractivity contribution in [3.05, 3.63) is 57.1 Å². The Morgan fingerprint density at radius 2 is 2.09 bits per heavy atom. The Morgan fingerprint density at radius 3 is 2.74 bits per heavy atom. The minimum Gasteiger partial charge on any atom is -0.334 e. The number of H-pyrrole nitrogens is 1. The molecule has 0 saturated heterocycles. The van der Waals surface area contributed by atoms with Crippen LogP contribution in [0.2, 0.25) is 5.02 Å². The van der Waals surface area contributed by atoms with Crippen molar-refractivity contribution in [2.24, 2.45) is 0 Å². The predicted molar refractivity (Wildman–Crippen MR) is 91.7 cm³/mol. The standard InChI is InChI=1S/C16H15ClN4OS/c1-10-18-13(9-23-10)8-21(2)16(22)15-7-14(19-20-15)11-3-5-12(17)6-4-11/h3-7,9H,8H2,1-2H3,(H,19,20). The molecular weight excluding hydrogens is 332 g/mol. The smallest absolute Gasteiger partial charge is 0.271 e. The summed E-state index contributed by atoms with van der Waals surface area (Å²) in [7, 11) is 1.75. The largest absolute Gasteiger partial charge is 0.334 e. The average molecular weight is 347 g/mol. The molecule has 0 unspecified atom stereocenters. The summed E-state index contributed by atoms with van der Waals surface area (Å²) in [5.41, 5.74) is 2.95. The molecule has 0 aliphatic heterocycles. The number of aromatic amines is 1. The highest BCUT2D eigenvalue weighted by atomic mass is 35.5. The van der Waals surface area contributed by atoms with E-state index < -0.39 is 0 Å². The van der Waals surface area contributed by atoms with Gasteiger partial charge in [-0.25, -0.2) is 4.98 Å². The maximum absolute atomic E-state index is 12.5. The molecule has 0 aliphatic carbocycles. The van der Waals surface area contributed by atoms with Gasteiger partial charge in [0.2, 0.25) is 0 Å². The first-order valence-corrected chi connectivity index (χ1v) is 8.26. The molecule has 0 spiro atoms. The summed E-state index contributed by atoms with van der Waals surface area (Å²) < 4.78 is 0. The molecule has 2 aromatic heterocycles. The molecule has 1 N–H and O–H groups in total. The van der Waals surface area contributed by atoms with Crippen molar-refractivity contribution < 1.29 is 4.79 Å². The van der Waals surface area contributed by atoms with E-state index in [1.807, 2.05) is 24.4 Å². The van der Waals surface area contributed by atoms with E-state index in [9.17, 15) is 4.79 Å². The summed E-state index contributed by atoms with van der Waals surface area (Å²) in [6.45, 7) is 2.42. The fourth-order valence-corrected chi connectivity index (χ4v) is 2.93. The second-order valence-corrected chi connectivity index (χ2v) is 6.69. The highest BCUT2D eigenvalue weighted by Gasteiger charge is 2.16. The van der Waals surface area contributed by atoms with Crippen LogP contribution in [0.1, 0.15) is 21.2 Å². The van der Waals surface area contributed by atoms with Crippen molar-refractivity contribution >= 4 is 28.8 Å². The van der Waals surface area contributed by atoms with Crippen molar-refractivity contribution in [3.63, 3.8) is 0 Å². The van der Waals surface area contributed by atoms with Gasteiger partial charge in [-0.15, -0.1) is 11.3 Å². The topological polar surface area (TPSA) is 61.9 Å². The highest BCUT2D eigenvalue weighted by molar-refractivity contribution is 7.09. The minimum absolute atomic E-state index is 0.122. The van der Waals surface area contributed by atoms with Crippen molar-refractivity contribution in [3.8, 4) is 11.3 Å². The lowest BCUT2D eigenvalue weighted by molar-refractivity contribution is 0.0777. The van der Waals surface area contributed by atoms with Crippen LogP contribution in [0.15, 0.2) is 35.7 Å². The first kappa shape index (κ1) is 15.7. The Hall–Kier alpha value is -2.18. The molecule has 2 heterocycles. The quantitative estimate of drug-likeness (QED) is 0.782. The van der Waals surface area contributed by atoms with E-state index in [0.29, 0.717) is 23.0 Å². The lowest BCUT2D eigenvalue weighted by atomic mass is 10.1. The summed E-state index contributed by atoms with van der Waals surface area (Å²) in [5.74, 6) is -0.122. The lowest BCUT2D eigenvalue weighted by Crippen LogP contribution is -2.26. The molecule has 0 aliphatic rings. The third kappa shape index (κ3) is 3.60. The number of thiazole rings is 1. The Labute approximate surface area is 142 Å². The molecule has 3 rings (SSSR count). The summed E-state index contributed by atoms with van der Waals surface area (Å²) in [5, 5.41) is 10.6. The van der Waals surface area contributed by atoms with Gasteiger partial charge in [-0.2, -0.15) is 5.10 Å². The van der Waals surface area contributed by atoms with Crippen LogP contribution in [0.4, 0.5) is 0 Å². The van der Waals surface area contributed by atoms with Crippen LogP contribution >= 0.6 is 22.9 Å². The van der Waals surface area contributed by atoms with E-state index >= 15 is 0 Å². The third-order valence-electron chi connectivity index (χ3n) is 3.36. The van der Waals surface area contributed by atoms with Crippen molar-refractivity contribution in [1.82, 2.24) is 20.1 Å². The second-order valence-electron chi connectivity index (χ2n) is 5.19. The van der Waals surface area contributed by atoms with Crippen LogP contribution in [0.3, 0.4) is 0 Å². The van der Waals surface area contributed by atoms with E-state index in [-0.39, 0.29) is 5.91 Å². The Balaban J connectivity index is 1.74. The van der Waals surface area contributed by atoms with Gasteiger partial charge in [-0.1, -0.05) is 23.7 Å². The van der Waals surface area contributed by atoms with Gasteiger partial charge in [0.25, 0.3) is 5.91 Å². The van der Waals surface area contributed by atoms with E-state index in [4.69, 9.17) is 11.6 Å². The molecule has 118 valence electrons. The Bertz CT molecular complexity index is 825. The van der Waals surface area contributed by atoms with Crippen LogP contribution in [0.5, 0.6) is 0 Å². The van der Waals surface area contributed by atoms with E-state index in [2.05, 4.69) is 15.2 Å². The average Bonchev–Trinajstić information content (AvgIpc) is 3.16. The van der Waals surface area contributed by atoms with Gasteiger partial charge in [-0.3, -0.25) is 9.89 Å². The van der Waals surface area contributed by atoms with E-state index in [1.54, 1.807) is 41.5 Å². The number of amides is 1. The zero-order valence-corrected chi connectivity index (χ0v) is 14.3. The lowest BCUT2D eigenvalue weighted by Gasteiger charge is -2.14. The molecule has 1 amide bonds. The monoisotopic (exact) mass is 346 g/mol.